The van der Waals surface area contributed by atoms with Crippen LogP contribution in [0.5, 0.6) is 5.75 Å². The molecule has 160 valence electrons. The monoisotopic (exact) mass is 419 g/mol. The molecule has 0 unspecified atom stereocenters. The SMILES string of the molecule is O=C(NCc1cccc(OCc2ccccn2)c1)C1CCN(C(=O)c2ccco2)CC1. The molecule has 1 saturated heterocycles. The van der Waals surface area contributed by atoms with Gasteiger partial charge in [0.2, 0.25) is 5.91 Å². The van der Waals surface area contributed by atoms with Crippen LogP contribution in [-0.2, 0) is 17.9 Å². The fraction of sp³-hybridized carbons (Fsp3) is 0.292. The Morgan fingerprint density at radius 3 is 2.71 bits per heavy atom. The lowest BCUT2D eigenvalue weighted by Crippen LogP contribution is -2.42. The van der Waals surface area contributed by atoms with Gasteiger partial charge in [0.1, 0.15) is 12.4 Å². The van der Waals surface area contributed by atoms with E-state index in [1.165, 1.54) is 6.26 Å². The highest BCUT2D eigenvalue weighted by atomic mass is 16.5. The number of ether oxygens (including phenoxy) is 1. The topological polar surface area (TPSA) is 84.7 Å². The van der Waals surface area contributed by atoms with E-state index in [4.69, 9.17) is 9.15 Å². The van der Waals surface area contributed by atoms with Crippen molar-refractivity contribution in [2.24, 2.45) is 5.92 Å². The van der Waals surface area contributed by atoms with Gasteiger partial charge in [0.25, 0.3) is 5.91 Å². The molecule has 7 nitrogen and oxygen atoms in total. The van der Waals surface area contributed by atoms with Gasteiger partial charge in [0.15, 0.2) is 5.76 Å². The van der Waals surface area contributed by atoms with Crippen LogP contribution in [0.3, 0.4) is 0 Å². The van der Waals surface area contributed by atoms with Crippen LogP contribution in [-0.4, -0.2) is 34.8 Å². The molecule has 0 saturated carbocycles. The average molecular weight is 419 g/mol. The molecule has 2 aromatic heterocycles. The second-order valence-corrected chi connectivity index (χ2v) is 7.52. The molecule has 31 heavy (non-hydrogen) atoms. The Bertz CT molecular complexity index is 997. The molecule has 0 radical (unpaired) electrons. The summed E-state index contributed by atoms with van der Waals surface area (Å²) < 4.78 is 11.0. The first-order chi connectivity index (χ1) is 15.2. The van der Waals surface area contributed by atoms with Gasteiger partial charge >= 0.3 is 0 Å². The van der Waals surface area contributed by atoms with Gasteiger partial charge in [-0.15, -0.1) is 0 Å². The van der Waals surface area contributed by atoms with Crippen LogP contribution in [0.15, 0.2) is 71.5 Å². The number of furan rings is 1. The number of benzene rings is 1. The normalized spacial score (nSPS) is 14.3. The quantitative estimate of drug-likeness (QED) is 0.634. The van der Waals surface area contributed by atoms with Crippen LogP contribution in [0, 0.1) is 5.92 Å². The van der Waals surface area contributed by atoms with E-state index in [1.807, 2.05) is 42.5 Å². The third-order valence-corrected chi connectivity index (χ3v) is 5.36. The highest BCUT2D eigenvalue weighted by molar-refractivity contribution is 5.91. The smallest absolute Gasteiger partial charge is 0.289 e. The Labute approximate surface area is 181 Å². The number of aromatic nitrogens is 1. The molecule has 7 heteroatoms. The summed E-state index contributed by atoms with van der Waals surface area (Å²) >= 11 is 0. The fourth-order valence-corrected chi connectivity index (χ4v) is 3.62. The van der Waals surface area contributed by atoms with Crippen LogP contribution >= 0.6 is 0 Å². The van der Waals surface area contributed by atoms with Gasteiger partial charge in [-0.1, -0.05) is 18.2 Å². The lowest BCUT2D eigenvalue weighted by molar-refractivity contribution is -0.126. The maximum absolute atomic E-state index is 12.6. The summed E-state index contributed by atoms with van der Waals surface area (Å²) in [5, 5.41) is 3.01. The second-order valence-electron chi connectivity index (χ2n) is 7.52. The van der Waals surface area contributed by atoms with Crippen molar-refractivity contribution >= 4 is 11.8 Å². The predicted octanol–water partition coefficient (Wildman–Crippen LogP) is 3.42. The van der Waals surface area contributed by atoms with Crippen molar-refractivity contribution in [2.75, 3.05) is 13.1 Å². The van der Waals surface area contributed by atoms with Gasteiger partial charge < -0.3 is 19.4 Å². The third-order valence-electron chi connectivity index (χ3n) is 5.36. The van der Waals surface area contributed by atoms with E-state index in [1.54, 1.807) is 23.2 Å². The summed E-state index contributed by atoms with van der Waals surface area (Å²) in [6.45, 7) is 1.93. The Morgan fingerprint density at radius 1 is 1.10 bits per heavy atom. The van der Waals surface area contributed by atoms with E-state index in [0.29, 0.717) is 44.8 Å². The average Bonchev–Trinajstić information content (AvgIpc) is 3.37. The van der Waals surface area contributed by atoms with Crippen molar-refractivity contribution in [3.63, 3.8) is 0 Å². The number of pyridine rings is 1. The molecule has 0 spiro atoms. The minimum absolute atomic E-state index is 0.0184. The number of carbonyl (C=O) groups excluding carboxylic acids is 2. The summed E-state index contributed by atoms with van der Waals surface area (Å²) in [6, 6.07) is 16.8. The number of amides is 2. The van der Waals surface area contributed by atoms with E-state index >= 15 is 0 Å². The summed E-state index contributed by atoms with van der Waals surface area (Å²) in [5.74, 6) is 0.885. The highest BCUT2D eigenvalue weighted by Crippen LogP contribution is 2.20. The first kappa shape index (κ1) is 20.7. The van der Waals surface area contributed by atoms with Crippen molar-refractivity contribution in [2.45, 2.75) is 26.0 Å². The van der Waals surface area contributed by atoms with Crippen LogP contribution in [0.2, 0.25) is 0 Å². The van der Waals surface area contributed by atoms with E-state index < -0.39 is 0 Å². The lowest BCUT2D eigenvalue weighted by Gasteiger charge is -2.30. The van der Waals surface area contributed by atoms with Crippen LogP contribution in [0.4, 0.5) is 0 Å². The van der Waals surface area contributed by atoms with Crippen LogP contribution < -0.4 is 10.1 Å². The van der Waals surface area contributed by atoms with Crippen molar-refractivity contribution in [3.05, 3.63) is 84.1 Å². The molecule has 0 aliphatic carbocycles. The number of hydrogen-bond donors (Lipinski definition) is 1. The Kier molecular flexibility index (Phi) is 6.62. The molecule has 0 bridgehead atoms. The van der Waals surface area contributed by atoms with Crippen molar-refractivity contribution in [1.82, 2.24) is 15.2 Å². The van der Waals surface area contributed by atoms with Gasteiger partial charge in [-0.05, 0) is 54.8 Å². The maximum atomic E-state index is 12.6. The minimum atomic E-state index is -0.119. The number of rotatable bonds is 7. The Morgan fingerprint density at radius 2 is 1.97 bits per heavy atom. The van der Waals surface area contributed by atoms with Gasteiger partial charge in [-0.3, -0.25) is 14.6 Å². The first-order valence-corrected chi connectivity index (χ1v) is 10.4. The van der Waals surface area contributed by atoms with Gasteiger partial charge in [-0.2, -0.15) is 0 Å². The molecule has 1 aliphatic rings. The summed E-state index contributed by atoms with van der Waals surface area (Å²) in [7, 11) is 0. The van der Waals surface area contributed by atoms with Gasteiger partial charge in [0.05, 0.1) is 12.0 Å². The first-order valence-electron chi connectivity index (χ1n) is 10.4. The van der Waals surface area contributed by atoms with E-state index in [-0.39, 0.29) is 17.7 Å². The Balaban J connectivity index is 1.23. The molecule has 1 fully saturated rings. The molecule has 3 aromatic rings. The molecular weight excluding hydrogens is 394 g/mol. The van der Waals surface area contributed by atoms with Gasteiger partial charge in [0, 0.05) is 31.7 Å². The number of likely N-dealkylation sites (tertiary alicyclic amines) is 1. The minimum Gasteiger partial charge on any atom is -0.487 e. The number of piperidine rings is 1. The zero-order valence-corrected chi connectivity index (χ0v) is 17.2. The summed E-state index contributed by atoms with van der Waals surface area (Å²) in [5.41, 5.74) is 1.83. The molecule has 1 N–H and O–H groups in total. The molecule has 2 amide bonds. The number of nitrogens with zero attached hydrogens (tertiary/aromatic N) is 2. The largest absolute Gasteiger partial charge is 0.487 e. The Hall–Kier alpha value is -3.61. The van der Waals surface area contributed by atoms with Crippen molar-refractivity contribution < 1.29 is 18.7 Å². The second kappa shape index (κ2) is 9.93. The zero-order chi connectivity index (χ0) is 21.5. The molecular formula is C24H25N3O4. The highest BCUT2D eigenvalue weighted by Gasteiger charge is 2.28. The fourth-order valence-electron chi connectivity index (χ4n) is 3.62. The van der Waals surface area contributed by atoms with E-state index in [0.717, 1.165) is 17.0 Å². The maximum Gasteiger partial charge on any atom is 0.289 e. The standard InChI is InChI=1S/C24H25N3O4/c28-23(19-9-12-27(13-10-19)24(29)22-8-4-14-30-22)26-16-18-5-3-7-21(15-18)31-17-20-6-1-2-11-25-20/h1-8,11,14-15,19H,9-10,12-13,16-17H2,(H,26,28). The molecule has 1 aliphatic heterocycles. The number of hydrogen-bond acceptors (Lipinski definition) is 5. The third kappa shape index (κ3) is 5.51. The lowest BCUT2D eigenvalue weighted by atomic mass is 9.95. The van der Waals surface area contributed by atoms with Crippen molar-refractivity contribution in [3.8, 4) is 5.75 Å². The van der Waals surface area contributed by atoms with Crippen molar-refractivity contribution in [1.29, 1.82) is 0 Å². The van der Waals surface area contributed by atoms with Crippen LogP contribution in [0.25, 0.3) is 0 Å². The van der Waals surface area contributed by atoms with Crippen LogP contribution in [0.1, 0.15) is 34.7 Å². The molecule has 0 atom stereocenters. The number of nitrogens with one attached hydrogen (secondary N) is 1. The number of carbonyl (C=O) groups is 2. The summed E-state index contributed by atoms with van der Waals surface area (Å²) in [4.78, 5) is 30.9. The molecule has 3 heterocycles. The summed E-state index contributed by atoms with van der Waals surface area (Å²) in [6.07, 6.45) is 4.52. The predicted molar refractivity (Wildman–Crippen MR) is 114 cm³/mol. The van der Waals surface area contributed by atoms with E-state index in [2.05, 4.69) is 10.3 Å². The van der Waals surface area contributed by atoms with E-state index in [9.17, 15) is 9.59 Å². The molecule has 1 aromatic carbocycles. The molecule has 4 rings (SSSR count). The van der Waals surface area contributed by atoms with Gasteiger partial charge in [-0.25, -0.2) is 0 Å². The zero-order valence-electron chi connectivity index (χ0n) is 17.2.